The summed E-state index contributed by atoms with van der Waals surface area (Å²) in [6, 6.07) is 2.27. The monoisotopic (exact) mass is 250 g/mol. The second-order valence-corrected chi connectivity index (χ2v) is 3.73. The van der Waals surface area contributed by atoms with E-state index in [9.17, 15) is 14.6 Å². The van der Waals surface area contributed by atoms with Crippen molar-refractivity contribution in [1.82, 2.24) is 0 Å². The highest BCUT2D eigenvalue weighted by Gasteiger charge is 2.29. The molecule has 0 spiro atoms. The van der Waals surface area contributed by atoms with Gasteiger partial charge in [0.25, 0.3) is 0 Å². The van der Waals surface area contributed by atoms with Gasteiger partial charge in [0.05, 0.1) is 15.6 Å². The lowest BCUT2D eigenvalue weighted by atomic mass is 10.1. The fraction of sp³-hybridized carbons (Fsp3) is 0.200. The first-order valence-corrected chi connectivity index (χ1v) is 4.88. The van der Waals surface area contributed by atoms with Crippen molar-refractivity contribution in [3.8, 4) is 0 Å². The van der Waals surface area contributed by atoms with Gasteiger partial charge in [-0.1, -0.05) is 29.3 Å². The molecule has 5 heteroatoms. The highest BCUT2D eigenvalue weighted by atomic mass is 35.5. The Balaban J connectivity index is 3.42. The molecule has 0 bridgehead atoms. The number of hydrogen-bond donors (Lipinski definition) is 2. The zero-order chi connectivity index (χ0) is 11.6. The topological polar surface area (TPSA) is 40.5 Å². The largest absolute Gasteiger partial charge is 0.359 e. The van der Waals surface area contributed by atoms with Crippen LogP contribution in [-0.2, 0) is 5.79 Å². The third-order valence-corrected chi connectivity index (χ3v) is 2.50. The molecule has 0 unspecified atom stereocenters. The van der Waals surface area contributed by atoms with Gasteiger partial charge < -0.3 is 10.2 Å². The van der Waals surface area contributed by atoms with Gasteiger partial charge in [-0.3, -0.25) is 0 Å². The summed E-state index contributed by atoms with van der Waals surface area (Å²) in [4.78, 5) is 0. The molecule has 82 valence electrons. The second kappa shape index (κ2) is 4.49. The number of aliphatic hydroxyl groups is 2. The quantitative estimate of drug-likeness (QED) is 0.482. The van der Waals surface area contributed by atoms with Crippen LogP contribution in [0.2, 0.25) is 10.0 Å². The van der Waals surface area contributed by atoms with E-state index < -0.39 is 16.6 Å². The standard InChI is InChI=1S/C10H9Cl2FO2/c1-2-5-10(14,15)8-6(11)3-4-7(13)9(8)12/h2-5,14-15H,1H3/b5-2+. The van der Waals surface area contributed by atoms with E-state index in [1.54, 1.807) is 6.92 Å². The van der Waals surface area contributed by atoms with Crippen LogP contribution < -0.4 is 0 Å². The average Bonchev–Trinajstić information content (AvgIpc) is 2.11. The van der Waals surface area contributed by atoms with Crippen molar-refractivity contribution in [2.24, 2.45) is 0 Å². The maximum atomic E-state index is 13.1. The first-order valence-electron chi connectivity index (χ1n) is 4.12. The molecule has 0 saturated carbocycles. The number of benzene rings is 1. The Morgan fingerprint density at radius 3 is 2.47 bits per heavy atom. The van der Waals surface area contributed by atoms with Crippen LogP contribution in [0.4, 0.5) is 4.39 Å². The molecule has 0 fully saturated rings. The Hall–Kier alpha value is -0.610. The molecule has 0 atom stereocenters. The van der Waals surface area contributed by atoms with Gasteiger partial charge in [-0.2, -0.15) is 0 Å². The number of hydrogen-bond acceptors (Lipinski definition) is 2. The maximum absolute atomic E-state index is 13.1. The van der Waals surface area contributed by atoms with E-state index in [-0.39, 0.29) is 10.6 Å². The van der Waals surface area contributed by atoms with Crippen LogP contribution in [0.5, 0.6) is 0 Å². The summed E-state index contributed by atoms with van der Waals surface area (Å²) in [5.74, 6) is -3.13. The Morgan fingerprint density at radius 2 is 1.93 bits per heavy atom. The lowest BCUT2D eigenvalue weighted by Crippen LogP contribution is -2.23. The summed E-state index contributed by atoms with van der Waals surface area (Å²) >= 11 is 11.3. The lowest BCUT2D eigenvalue weighted by Gasteiger charge is -2.20. The van der Waals surface area contributed by atoms with Crippen LogP contribution in [0.15, 0.2) is 24.3 Å². The Labute approximate surface area is 96.6 Å². The van der Waals surface area contributed by atoms with E-state index in [2.05, 4.69) is 0 Å². The van der Waals surface area contributed by atoms with Gasteiger partial charge >= 0.3 is 0 Å². The van der Waals surface area contributed by atoms with E-state index >= 15 is 0 Å². The van der Waals surface area contributed by atoms with Crippen LogP contribution in [0.1, 0.15) is 12.5 Å². The van der Waals surface area contributed by atoms with Gasteiger partial charge in [-0.15, -0.1) is 0 Å². The SMILES string of the molecule is C/C=C/C(O)(O)c1c(Cl)ccc(F)c1Cl. The van der Waals surface area contributed by atoms with Gasteiger partial charge in [-0.25, -0.2) is 4.39 Å². The zero-order valence-corrected chi connectivity index (χ0v) is 9.35. The molecule has 1 rings (SSSR count). The van der Waals surface area contributed by atoms with Crippen LogP contribution in [0, 0.1) is 5.82 Å². The van der Waals surface area contributed by atoms with Crippen molar-refractivity contribution in [3.63, 3.8) is 0 Å². The van der Waals surface area contributed by atoms with Gasteiger partial charge in [0.15, 0.2) is 0 Å². The molecule has 1 aromatic carbocycles. The predicted octanol–water partition coefficient (Wildman–Crippen LogP) is 2.85. The predicted molar refractivity (Wildman–Crippen MR) is 57.3 cm³/mol. The molecule has 0 heterocycles. The minimum absolute atomic E-state index is 0.00972. The molecule has 0 aliphatic carbocycles. The van der Waals surface area contributed by atoms with Crippen molar-refractivity contribution >= 4 is 23.2 Å². The summed E-state index contributed by atoms with van der Waals surface area (Å²) in [6.45, 7) is 1.59. The molecule has 2 nitrogen and oxygen atoms in total. The molecular formula is C10H9Cl2FO2. The molecular weight excluding hydrogens is 242 g/mol. The third-order valence-electron chi connectivity index (χ3n) is 1.81. The van der Waals surface area contributed by atoms with Gasteiger partial charge in [-0.05, 0) is 25.1 Å². The number of allylic oxidation sites excluding steroid dienone is 1. The Bertz CT molecular complexity index is 403. The third kappa shape index (κ3) is 2.49. The van der Waals surface area contributed by atoms with Crippen LogP contribution in [0.3, 0.4) is 0 Å². The molecule has 0 saturated heterocycles. The van der Waals surface area contributed by atoms with Crippen LogP contribution >= 0.6 is 23.2 Å². The number of rotatable bonds is 2. The highest BCUT2D eigenvalue weighted by molar-refractivity contribution is 6.36. The zero-order valence-electron chi connectivity index (χ0n) is 7.84. The summed E-state index contributed by atoms with van der Waals surface area (Å²) in [6.07, 6.45) is 2.46. The molecule has 0 aliphatic heterocycles. The van der Waals surface area contributed by atoms with Crippen molar-refractivity contribution in [3.05, 3.63) is 45.7 Å². The van der Waals surface area contributed by atoms with Gasteiger partial charge in [0.2, 0.25) is 5.79 Å². The summed E-state index contributed by atoms with van der Waals surface area (Å²) < 4.78 is 13.1. The first kappa shape index (κ1) is 12.5. The van der Waals surface area contributed by atoms with Crippen molar-refractivity contribution in [2.75, 3.05) is 0 Å². The lowest BCUT2D eigenvalue weighted by molar-refractivity contribution is -0.125. The number of halogens is 3. The van der Waals surface area contributed by atoms with Crippen molar-refractivity contribution < 1.29 is 14.6 Å². The minimum atomic E-state index is -2.37. The molecule has 0 radical (unpaired) electrons. The van der Waals surface area contributed by atoms with E-state index in [0.29, 0.717) is 0 Å². The smallest absolute Gasteiger partial charge is 0.213 e. The second-order valence-electron chi connectivity index (χ2n) is 2.94. The fourth-order valence-corrected chi connectivity index (χ4v) is 1.83. The van der Waals surface area contributed by atoms with E-state index in [1.807, 2.05) is 0 Å². The van der Waals surface area contributed by atoms with E-state index in [1.165, 1.54) is 12.1 Å². The average molecular weight is 251 g/mol. The summed E-state index contributed by atoms with van der Waals surface area (Å²) in [5.41, 5.74) is -0.260. The molecule has 0 aliphatic rings. The van der Waals surface area contributed by atoms with Gasteiger partial charge in [0, 0.05) is 0 Å². The van der Waals surface area contributed by atoms with E-state index in [4.69, 9.17) is 23.2 Å². The van der Waals surface area contributed by atoms with Crippen LogP contribution in [0.25, 0.3) is 0 Å². The molecule has 2 N–H and O–H groups in total. The summed E-state index contributed by atoms with van der Waals surface area (Å²) in [5, 5.41) is 18.8. The molecule has 0 amide bonds. The molecule has 15 heavy (non-hydrogen) atoms. The molecule has 1 aromatic rings. The van der Waals surface area contributed by atoms with Crippen molar-refractivity contribution in [2.45, 2.75) is 12.7 Å². The Morgan fingerprint density at radius 1 is 1.33 bits per heavy atom. The first-order chi connectivity index (χ1) is 6.90. The summed E-state index contributed by atoms with van der Waals surface area (Å²) in [7, 11) is 0. The fourth-order valence-electron chi connectivity index (χ4n) is 1.18. The van der Waals surface area contributed by atoms with Crippen LogP contribution in [-0.4, -0.2) is 10.2 Å². The highest BCUT2D eigenvalue weighted by Crippen LogP contribution is 2.35. The maximum Gasteiger partial charge on any atom is 0.213 e. The normalized spacial score (nSPS) is 12.4. The van der Waals surface area contributed by atoms with E-state index in [0.717, 1.165) is 12.1 Å². The minimum Gasteiger partial charge on any atom is -0.359 e. The Kier molecular flexibility index (Phi) is 3.73. The van der Waals surface area contributed by atoms with Crippen molar-refractivity contribution in [1.29, 1.82) is 0 Å². The van der Waals surface area contributed by atoms with Gasteiger partial charge in [0.1, 0.15) is 5.82 Å². The molecule has 0 aromatic heterocycles.